The number of hydrogen-bond acceptors (Lipinski definition) is 2. The summed E-state index contributed by atoms with van der Waals surface area (Å²) in [6.07, 6.45) is 12.1. The minimum absolute atomic E-state index is 0.0623. The molecule has 2 aliphatic rings. The Morgan fingerprint density at radius 2 is 1.59 bits per heavy atom. The van der Waals surface area contributed by atoms with Gasteiger partial charge in [0.2, 0.25) is 0 Å². The summed E-state index contributed by atoms with van der Waals surface area (Å²) in [7, 11) is 0. The van der Waals surface area contributed by atoms with Crippen molar-refractivity contribution in [2.45, 2.75) is 77.0 Å². The second-order valence-corrected chi connectivity index (χ2v) is 10.0. The Morgan fingerprint density at radius 3 is 2.29 bits per heavy atom. The molecule has 4 unspecified atom stereocenters. The number of fused-ring (bicyclic) bond motifs is 1. The van der Waals surface area contributed by atoms with Crippen LogP contribution in [0.2, 0.25) is 0 Å². The van der Waals surface area contributed by atoms with Crippen LogP contribution in [0, 0.1) is 41.0 Å². The molecule has 0 heterocycles. The lowest BCUT2D eigenvalue weighted by Gasteiger charge is -2.42. The first-order valence-electron chi connectivity index (χ1n) is 12.5. The molecule has 0 radical (unpaired) electrons. The molecule has 2 aliphatic carbocycles. The minimum atomic E-state index is -1.64. The number of ether oxygens (including phenoxy) is 1. The van der Waals surface area contributed by atoms with E-state index in [0.29, 0.717) is 23.6 Å². The van der Waals surface area contributed by atoms with E-state index < -0.39 is 35.0 Å². The number of rotatable bonds is 7. The van der Waals surface area contributed by atoms with Gasteiger partial charge < -0.3 is 4.74 Å². The Kier molecular flexibility index (Phi) is 7.95. The van der Waals surface area contributed by atoms with Crippen LogP contribution in [0.5, 0.6) is 5.75 Å². The highest BCUT2D eigenvalue weighted by molar-refractivity contribution is 5.91. The average molecular weight is 477 g/mol. The quantitative estimate of drug-likeness (QED) is 0.132. The zero-order valence-corrected chi connectivity index (χ0v) is 19.6. The molecule has 184 valence electrons. The average Bonchev–Trinajstić information content (AvgIpc) is 2.82. The van der Waals surface area contributed by atoms with Gasteiger partial charge in [-0.2, -0.15) is 0 Å². The lowest BCUT2D eigenvalue weighted by molar-refractivity contribution is 0.0733. The molecule has 2 saturated carbocycles. The highest BCUT2D eigenvalue weighted by Gasteiger charge is 2.36. The third-order valence-electron chi connectivity index (χ3n) is 7.78. The van der Waals surface area contributed by atoms with Gasteiger partial charge in [0.1, 0.15) is 11.6 Å². The molecule has 0 spiro atoms. The molecule has 6 heteroatoms. The Hall–Kier alpha value is -2.37. The van der Waals surface area contributed by atoms with Crippen LogP contribution >= 0.6 is 0 Å². The molecule has 2 nitrogen and oxygen atoms in total. The molecule has 0 bridgehead atoms. The Bertz CT molecular complexity index is 998. The summed E-state index contributed by atoms with van der Waals surface area (Å²) in [5.74, 6) is -4.13. The largest absolute Gasteiger partial charge is 0.423 e. The van der Waals surface area contributed by atoms with Crippen molar-refractivity contribution in [2.24, 2.45) is 17.8 Å². The maximum absolute atomic E-state index is 15.0. The van der Waals surface area contributed by atoms with Crippen LogP contribution in [-0.2, 0) is 0 Å². The Balaban J connectivity index is 1.37. The highest BCUT2D eigenvalue weighted by atomic mass is 19.2. The number of unbranched alkanes of at least 4 members (excludes halogenated alkanes) is 2. The SMILES string of the molecule is CCCCCC1CCC2CC(c3ccc(C(=O)Oc4cc(F)c(F)c(F)c4)cc3F)CCC2C1. The van der Waals surface area contributed by atoms with Crippen LogP contribution < -0.4 is 4.74 Å². The zero-order chi connectivity index (χ0) is 24.2. The van der Waals surface area contributed by atoms with E-state index in [1.54, 1.807) is 6.07 Å². The number of carbonyl (C=O) groups excluding carboxylic acids is 1. The first-order valence-corrected chi connectivity index (χ1v) is 12.5. The zero-order valence-electron chi connectivity index (χ0n) is 19.6. The van der Waals surface area contributed by atoms with E-state index in [9.17, 15) is 22.4 Å². The lowest BCUT2D eigenvalue weighted by Crippen LogP contribution is -2.30. The first-order chi connectivity index (χ1) is 16.4. The van der Waals surface area contributed by atoms with Crippen molar-refractivity contribution in [3.8, 4) is 5.75 Å². The predicted molar refractivity (Wildman–Crippen MR) is 123 cm³/mol. The summed E-state index contributed by atoms with van der Waals surface area (Å²) < 4.78 is 59.7. The molecule has 2 aromatic rings. The van der Waals surface area contributed by atoms with Crippen molar-refractivity contribution in [1.82, 2.24) is 0 Å². The topological polar surface area (TPSA) is 26.3 Å². The fourth-order valence-electron chi connectivity index (χ4n) is 5.96. The van der Waals surface area contributed by atoms with Gasteiger partial charge in [-0.1, -0.05) is 45.1 Å². The fourth-order valence-corrected chi connectivity index (χ4v) is 5.96. The van der Waals surface area contributed by atoms with E-state index in [4.69, 9.17) is 4.74 Å². The number of halogens is 4. The third-order valence-corrected chi connectivity index (χ3v) is 7.78. The van der Waals surface area contributed by atoms with Gasteiger partial charge in [-0.05, 0) is 73.5 Å². The van der Waals surface area contributed by atoms with E-state index in [1.807, 2.05) is 0 Å². The number of benzene rings is 2. The second-order valence-electron chi connectivity index (χ2n) is 10.0. The van der Waals surface area contributed by atoms with Gasteiger partial charge in [0.15, 0.2) is 17.5 Å². The van der Waals surface area contributed by atoms with Crippen molar-refractivity contribution in [3.63, 3.8) is 0 Å². The highest BCUT2D eigenvalue weighted by Crippen LogP contribution is 2.48. The van der Waals surface area contributed by atoms with Crippen LogP contribution in [-0.4, -0.2) is 5.97 Å². The predicted octanol–water partition coefficient (Wildman–Crippen LogP) is 8.34. The molecule has 0 aliphatic heterocycles. The lowest BCUT2D eigenvalue weighted by atomic mass is 9.63. The van der Waals surface area contributed by atoms with Crippen LogP contribution in [0.1, 0.15) is 93.0 Å². The van der Waals surface area contributed by atoms with Gasteiger partial charge >= 0.3 is 5.97 Å². The third kappa shape index (κ3) is 5.64. The van der Waals surface area contributed by atoms with Gasteiger partial charge in [0.25, 0.3) is 0 Å². The molecule has 0 aromatic heterocycles. The van der Waals surface area contributed by atoms with Crippen molar-refractivity contribution < 1.29 is 27.1 Å². The summed E-state index contributed by atoms with van der Waals surface area (Å²) in [6, 6.07) is 5.38. The van der Waals surface area contributed by atoms with E-state index in [1.165, 1.54) is 51.0 Å². The normalized spacial score (nSPS) is 24.5. The van der Waals surface area contributed by atoms with Crippen molar-refractivity contribution in [1.29, 1.82) is 0 Å². The van der Waals surface area contributed by atoms with Gasteiger partial charge in [-0.25, -0.2) is 22.4 Å². The van der Waals surface area contributed by atoms with Crippen LogP contribution in [0.3, 0.4) is 0 Å². The Morgan fingerprint density at radius 1 is 0.882 bits per heavy atom. The van der Waals surface area contributed by atoms with E-state index in [0.717, 1.165) is 37.2 Å². The van der Waals surface area contributed by atoms with Crippen molar-refractivity contribution >= 4 is 5.97 Å². The maximum atomic E-state index is 15.0. The summed E-state index contributed by atoms with van der Waals surface area (Å²) in [6.45, 7) is 2.24. The van der Waals surface area contributed by atoms with Crippen molar-refractivity contribution in [2.75, 3.05) is 0 Å². The molecule has 2 fully saturated rings. The molecule has 4 atom stereocenters. The Labute approximate surface area is 198 Å². The molecular weight excluding hydrogens is 444 g/mol. The standard InChI is InChI=1S/C28H32F4O2/c1-2-3-4-5-17-6-7-19-13-20(9-8-18(19)12-17)23-11-10-21(14-24(23)29)28(33)34-22-15-25(30)27(32)26(31)16-22/h10-11,14-20H,2-9,12-13H2,1H3. The van der Waals surface area contributed by atoms with Crippen molar-refractivity contribution in [3.05, 3.63) is 64.7 Å². The maximum Gasteiger partial charge on any atom is 0.343 e. The number of esters is 1. The van der Waals surface area contributed by atoms with Gasteiger partial charge in [-0.3, -0.25) is 0 Å². The van der Waals surface area contributed by atoms with Gasteiger partial charge in [0.05, 0.1) is 5.56 Å². The summed E-state index contributed by atoms with van der Waals surface area (Å²) in [5.41, 5.74) is 0.548. The molecule has 0 saturated heterocycles. The van der Waals surface area contributed by atoms with Crippen LogP contribution in [0.15, 0.2) is 30.3 Å². The molecular formula is C28H32F4O2. The van der Waals surface area contributed by atoms with E-state index >= 15 is 0 Å². The molecule has 34 heavy (non-hydrogen) atoms. The van der Waals surface area contributed by atoms with E-state index in [-0.39, 0.29) is 11.5 Å². The minimum Gasteiger partial charge on any atom is -0.423 e. The van der Waals surface area contributed by atoms with E-state index in [2.05, 4.69) is 6.92 Å². The van der Waals surface area contributed by atoms with Gasteiger partial charge in [0, 0.05) is 12.1 Å². The first kappa shape index (κ1) is 24.7. The van der Waals surface area contributed by atoms with Crippen LogP contribution in [0.4, 0.5) is 17.6 Å². The monoisotopic (exact) mass is 476 g/mol. The van der Waals surface area contributed by atoms with Crippen LogP contribution in [0.25, 0.3) is 0 Å². The molecule has 0 N–H and O–H groups in total. The molecule has 2 aromatic carbocycles. The second kappa shape index (κ2) is 10.9. The molecule has 4 rings (SSSR count). The summed E-state index contributed by atoms with van der Waals surface area (Å²) >= 11 is 0. The molecule has 0 amide bonds. The smallest absolute Gasteiger partial charge is 0.343 e. The fraction of sp³-hybridized carbons (Fsp3) is 0.536. The van der Waals surface area contributed by atoms with Gasteiger partial charge in [-0.15, -0.1) is 0 Å². The number of hydrogen-bond donors (Lipinski definition) is 0. The summed E-state index contributed by atoms with van der Waals surface area (Å²) in [4.78, 5) is 12.3. The number of carbonyl (C=O) groups is 1. The summed E-state index contributed by atoms with van der Waals surface area (Å²) in [5, 5.41) is 0.